The second-order valence-corrected chi connectivity index (χ2v) is 2.57. The van der Waals surface area contributed by atoms with Gasteiger partial charge in [0, 0.05) is 18.6 Å². The summed E-state index contributed by atoms with van der Waals surface area (Å²) < 4.78 is 10.1. The number of hydrogen-bond acceptors (Lipinski definition) is 4. The summed E-state index contributed by atoms with van der Waals surface area (Å²) in [6.45, 7) is 0.561. The lowest BCUT2D eigenvalue weighted by Gasteiger charge is -2.03. The third-order valence-corrected chi connectivity index (χ3v) is 1.54. The number of hydrogen-bond donors (Lipinski definition) is 0. The molecule has 0 N–H and O–H groups in total. The minimum Gasteiger partial charge on any atom is -0.480 e. The lowest BCUT2D eigenvalue weighted by atomic mass is 10.3. The quantitative estimate of drug-likeness (QED) is 0.520. The Labute approximate surface area is 83.3 Å². The molecule has 0 aliphatic heterocycles. The molecule has 0 saturated carbocycles. The van der Waals surface area contributed by atoms with E-state index in [9.17, 15) is 0 Å². The molecule has 0 bridgehead atoms. The zero-order valence-corrected chi connectivity index (χ0v) is 8.06. The predicted molar refractivity (Wildman–Crippen MR) is 52.1 cm³/mol. The zero-order chi connectivity index (χ0) is 10.2. The fourth-order valence-electron chi connectivity index (χ4n) is 0.845. The van der Waals surface area contributed by atoms with Gasteiger partial charge in [-0.05, 0) is 6.42 Å². The number of unbranched alkanes of at least 4 members (excludes halogenated alkanes) is 1. The number of rotatable bonds is 5. The molecule has 0 saturated heterocycles. The van der Waals surface area contributed by atoms with Crippen LogP contribution in [0.25, 0.3) is 0 Å². The standard InChI is InChI=1S/C10H12N2O2/c1-3-4-5-8-14-10-7-6-9(13-2)11-12-10/h1,6-7H,4-5,8H2,2H3. The molecule has 1 aromatic rings. The molecule has 0 radical (unpaired) electrons. The van der Waals surface area contributed by atoms with Crippen LogP contribution in [0.3, 0.4) is 0 Å². The first-order valence-corrected chi connectivity index (χ1v) is 4.31. The normalized spacial score (nSPS) is 9.14. The highest BCUT2D eigenvalue weighted by molar-refractivity contribution is 5.14. The van der Waals surface area contributed by atoms with Crippen molar-refractivity contribution >= 4 is 0 Å². The van der Waals surface area contributed by atoms with Crippen molar-refractivity contribution in [2.75, 3.05) is 13.7 Å². The molecule has 0 unspecified atom stereocenters. The van der Waals surface area contributed by atoms with E-state index in [2.05, 4.69) is 16.1 Å². The summed E-state index contributed by atoms with van der Waals surface area (Å²) in [7, 11) is 1.54. The molecule has 0 fully saturated rings. The van der Waals surface area contributed by atoms with Crippen LogP contribution in [0.5, 0.6) is 11.8 Å². The number of aromatic nitrogens is 2. The number of terminal acetylenes is 1. The van der Waals surface area contributed by atoms with E-state index in [-0.39, 0.29) is 0 Å². The van der Waals surface area contributed by atoms with Crippen molar-refractivity contribution in [2.45, 2.75) is 12.8 Å². The van der Waals surface area contributed by atoms with Crippen molar-refractivity contribution in [3.8, 4) is 24.1 Å². The molecule has 0 spiro atoms. The van der Waals surface area contributed by atoms with Gasteiger partial charge < -0.3 is 9.47 Å². The molecule has 0 aliphatic carbocycles. The summed E-state index contributed by atoms with van der Waals surface area (Å²) in [6.07, 6.45) is 6.63. The van der Waals surface area contributed by atoms with Gasteiger partial charge in [-0.25, -0.2) is 0 Å². The average molecular weight is 192 g/mol. The van der Waals surface area contributed by atoms with Crippen LogP contribution in [0, 0.1) is 12.3 Å². The van der Waals surface area contributed by atoms with E-state index < -0.39 is 0 Å². The predicted octanol–water partition coefficient (Wildman–Crippen LogP) is 1.28. The second-order valence-electron chi connectivity index (χ2n) is 2.57. The molecule has 0 aliphatic rings. The summed E-state index contributed by atoms with van der Waals surface area (Å²) >= 11 is 0. The molecule has 1 heterocycles. The first-order valence-electron chi connectivity index (χ1n) is 4.31. The van der Waals surface area contributed by atoms with Crippen LogP contribution in [0.15, 0.2) is 12.1 Å². The Morgan fingerprint density at radius 3 is 2.64 bits per heavy atom. The highest BCUT2D eigenvalue weighted by atomic mass is 16.5. The zero-order valence-electron chi connectivity index (χ0n) is 8.06. The largest absolute Gasteiger partial charge is 0.480 e. The molecular formula is C10H12N2O2. The average Bonchev–Trinajstić information content (AvgIpc) is 2.25. The maximum absolute atomic E-state index is 5.28. The summed E-state index contributed by atoms with van der Waals surface area (Å²) in [5.41, 5.74) is 0. The van der Waals surface area contributed by atoms with Gasteiger partial charge in [0.25, 0.3) is 0 Å². The molecule has 4 nitrogen and oxygen atoms in total. The Kier molecular flexibility index (Phi) is 4.29. The van der Waals surface area contributed by atoms with E-state index >= 15 is 0 Å². The van der Waals surface area contributed by atoms with E-state index in [1.807, 2.05) is 0 Å². The summed E-state index contributed by atoms with van der Waals surface area (Å²) in [4.78, 5) is 0. The van der Waals surface area contributed by atoms with Crippen LogP contribution in [-0.4, -0.2) is 23.9 Å². The van der Waals surface area contributed by atoms with Gasteiger partial charge in [-0.3, -0.25) is 0 Å². The Morgan fingerprint density at radius 2 is 2.07 bits per heavy atom. The van der Waals surface area contributed by atoms with E-state index in [4.69, 9.17) is 15.9 Å². The van der Waals surface area contributed by atoms with Gasteiger partial charge in [0.1, 0.15) is 0 Å². The SMILES string of the molecule is C#CCCCOc1ccc(OC)nn1. The molecule has 1 aromatic heterocycles. The molecule has 0 amide bonds. The molecule has 4 heteroatoms. The molecular weight excluding hydrogens is 180 g/mol. The van der Waals surface area contributed by atoms with Crippen LogP contribution < -0.4 is 9.47 Å². The van der Waals surface area contributed by atoms with Crippen molar-refractivity contribution in [3.05, 3.63) is 12.1 Å². The highest BCUT2D eigenvalue weighted by Crippen LogP contribution is 2.09. The highest BCUT2D eigenvalue weighted by Gasteiger charge is 1.97. The van der Waals surface area contributed by atoms with Crippen molar-refractivity contribution in [1.82, 2.24) is 10.2 Å². The molecule has 0 atom stereocenters. The maximum atomic E-state index is 5.28. The van der Waals surface area contributed by atoms with Crippen molar-refractivity contribution in [2.24, 2.45) is 0 Å². The summed E-state index contributed by atoms with van der Waals surface area (Å²) in [5.74, 6) is 3.50. The molecule has 1 rings (SSSR count). The monoisotopic (exact) mass is 192 g/mol. The van der Waals surface area contributed by atoms with Crippen molar-refractivity contribution in [1.29, 1.82) is 0 Å². The van der Waals surface area contributed by atoms with E-state index in [0.717, 1.165) is 6.42 Å². The third kappa shape index (κ3) is 3.31. The van der Waals surface area contributed by atoms with Crippen LogP contribution in [-0.2, 0) is 0 Å². The van der Waals surface area contributed by atoms with Crippen molar-refractivity contribution < 1.29 is 9.47 Å². The number of methoxy groups -OCH3 is 1. The smallest absolute Gasteiger partial charge is 0.233 e. The van der Waals surface area contributed by atoms with E-state index in [1.54, 1.807) is 12.1 Å². The van der Waals surface area contributed by atoms with E-state index in [1.165, 1.54) is 7.11 Å². The summed E-state index contributed by atoms with van der Waals surface area (Å²) in [6, 6.07) is 3.41. The number of ether oxygens (including phenoxy) is 2. The maximum Gasteiger partial charge on any atom is 0.233 e. The molecule has 74 valence electrons. The second kappa shape index (κ2) is 5.81. The minimum absolute atomic E-state index is 0.473. The molecule has 0 aromatic carbocycles. The Hall–Kier alpha value is -1.76. The lowest BCUT2D eigenvalue weighted by molar-refractivity contribution is 0.294. The molecule has 14 heavy (non-hydrogen) atoms. The van der Waals surface area contributed by atoms with Crippen molar-refractivity contribution in [3.63, 3.8) is 0 Å². The fourth-order valence-corrected chi connectivity index (χ4v) is 0.845. The van der Waals surface area contributed by atoms with Gasteiger partial charge in [-0.15, -0.1) is 22.5 Å². The number of nitrogens with zero attached hydrogens (tertiary/aromatic N) is 2. The first-order chi connectivity index (χ1) is 6.86. The van der Waals surface area contributed by atoms with Crippen LogP contribution >= 0.6 is 0 Å². The minimum atomic E-state index is 0.473. The van der Waals surface area contributed by atoms with Gasteiger partial charge in [-0.1, -0.05) is 0 Å². The van der Waals surface area contributed by atoms with Gasteiger partial charge in [0.2, 0.25) is 11.8 Å². The first kappa shape index (κ1) is 10.3. The van der Waals surface area contributed by atoms with Gasteiger partial charge in [0.15, 0.2) is 0 Å². The topological polar surface area (TPSA) is 44.2 Å². The van der Waals surface area contributed by atoms with Gasteiger partial charge >= 0.3 is 0 Å². The Bertz CT molecular complexity index is 303. The van der Waals surface area contributed by atoms with Crippen LogP contribution in [0.4, 0.5) is 0 Å². The fraction of sp³-hybridized carbons (Fsp3) is 0.400. The Balaban J connectivity index is 2.33. The van der Waals surface area contributed by atoms with Crippen LogP contribution in [0.1, 0.15) is 12.8 Å². The third-order valence-electron chi connectivity index (χ3n) is 1.54. The van der Waals surface area contributed by atoms with Crippen LogP contribution in [0.2, 0.25) is 0 Å². The Morgan fingerprint density at radius 1 is 1.36 bits per heavy atom. The summed E-state index contributed by atoms with van der Waals surface area (Å²) in [5, 5.41) is 7.56. The van der Waals surface area contributed by atoms with Gasteiger partial charge in [0.05, 0.1) is 13.7 Å². The lowest BCUT2D eigenvalue weighted by Crippen LogP contribution is -2.00. The van der Waals surface area contributed by atoms with E-state index in [0.29, 0.717) is 24.8 Å². The van der Waals surface area contributed by atoms with Gasteiger partial charge in [-0.2, -0.15) is 0 Å².